The third-order valence-electron chi connectivity index (χ3n) is 1.78. The molecule has 16 heavy (non-hydrogen) atoms. The summed E-state index contributed by atoms with van der Waals surface area (Å²) in [5.74, 6) is 0.262. The Labute approximate surface area is 93.7 Å². The SMILES string of the molecule is CCOc1cncc(NCCCC(=O)O)n1. The fraction of sp³-hybridized carbons (Fsp3) is 0.500. The molecule has 0 aliphatic carbocycles. The second kappa shape index (κ2) is 6.60. The van der Waals surface area contributed by atoms with Gasteiger partial charge in [0.1, 0.15) is 5.82 Å². The number of rotatable bonds is 7. The molecule has 0 spiro atoms. The van der Waals surface area contributed by atoms with Crippen molar-refractivity contribution in [3.05, 3.63) is 12.4 Å². The zero-order valence-corrected chi connectivity index (χ0v) is 9.14. The van der Waals surface area contributed by atoms with Crippen LogP contribution >= 0.6 is 0 Å². The number of carbonyl (C=O) groups is 1. The molecule has 0 aliphatic rings. The van der Waals surface area contributed by atoms with Gasteiger partial charge >= 0.3 is 5.97 Å². The summed E-state index contributed by atoms with van der Waals surface area (Å²) in [6.45, 7) is 2.96. The number of hydrogen-bond acceptors (Lipinski definition) is 5. The van der Waals surface area contributed by atoms with Crippen molar-refractivity contribution in [3.63, 3.8) is 0 Å². The second-order valence-electron chi connectivity index (χ2n) is 3.10. The summed E-state index contributed by atoms with van der Waals surface area (Å²) in [5, 5.41) is 11.4. The highest BCUT2D eigenvalue weighted by Crippen LogP contribution is 2.08. The molecule has 0 unspecified atom stereocenters. The first kappa shape index (κ1) is 12.2. The van der Waals surface area contributed by atoms with Gasteiger partial charge in [0.2, 0.25) is 5.88 Å². The minimum atomic E-state index is -0.795. The summed E-state index contributed by atoms with van der Waals surface area (Å²) in [5.41, 5.74) is 0. The molecule has 6 heteroatoms. The monoisotopic (exact) mass is 225 g/mol. The van der Waals surface area contributed by atoms with Crippen molar-refractivity contribution in [2.24, 2.45) is 0 Å². The van der Waals surface area contributed by atoms with Crippen LogP contribution in [0.15, 0.2) is 12.4 Å². The fourth-order valence-corrected chi connectivity index (χ4v) is 1.11. The van der Waals surface area contributed by atoms with Gasteiger partial charge in [-0.05, 0) is 13.3 Å². The van der Waals surface area contributed by atoms with E-state index in [9.17, 15) is 4.79 Å². The molecule has 0 radical (unpaired) electrons. The smallest absolute Gasteiger partial charge is 0.303 e. The molecule has 1 heterocycles. The van der Waals surface area contributed by atoms with Gasteiger partial charge in [0.25, 0.3) is 0 Å². The van der Waals surface area contributed by atoms with Gasteiger partial charge in [0.05, 0.1) is 19.0 Å². The summed E-state index contributed by atoms with van der Waals surface area (Å²) in [6, 6.07) is 0. The lowest BCUT2D eigenvalue weighted by molar-refractivity contribution is -0.137. The molecule has 88 valence electrons. The Balaban J connectivity index is 2.35. The number of aromatic nitrogens is 2. The van der Waals surface area contributed by atoms with Crippen LogP contribution in [0.5, 0.6) is 5.88 Å². The van der Waals surface area contributed by atoms with Crippen LogP contribution in [0.3, 0.4) is 0 Å². The van der Waals surface area contributed by atoms with Gasteiger partial charge < -0.3 is 15.2 Å². The Bertz CT molecular complexity index is 344. The van der Waals surface area contributed by atoms with Crippen LogP contribution in [-0.2, 0) is 4.79 Å². The second-order valence-corrected chi connectivity index (χ2v) is 3.10. The van der Waals surface area contributed by atoms with E-state index in [-0.39, 0.29) is 6.42 Å². The summed E-state index contributed by atoms with van der Waals surface area (Å²) < 4.78 is 5.18. The van der Waals surface area contributed by atoms with Crippen LogP contribution in [0.25, 0.3) is 0 Å². The minimum absolute atomic E-state index is 0.144. The first-order valence-corrected chi connectivity index (χ1v) is 5.13. The van der Waals surface area contributed by atoms with E-state index in [1.54, 1.807) is 6.20 Å². The molecule has 1 rings (SSSR count). The topological polar surface area (TPSA) is 84.3 Å². The zero-order valence-electron chi connectivity index (χ0n) is 9.14. The molecular formula is C10H15N3O3. The lowest BCUT2D eigenvalue weighted by Gasteiger charge is -2.06. The van der Waals surface area contributed by atoms with Crippen LogP contribution in [0.1, 0.15) is 19.8 Å². The average molecular weight is 225 g/mol. The molecular weight excluding hydrogens is 210 g/mol. The van der Waals surface area contributed by atoms with Crippen LogP contribution < -0.4 is 10.1 Å². The molecule has 0 saturated carbocycles. The third kappa shape index (κ3) is 4.59. The Morgan fingerprint density at radius 3 is 3.06 bits per heavy atom. The molecule has 0 aromatic carbocycles. The quantitative estimate of drug-likeness (QED) is 0.677. The van der Waals surface area contributed by atoms with Gasteiger partial charge in [-0.25, -0.2) is 0 Å². The number of carboxylic acids is 1. The molecule has 0 fully saturated rings. The number of ether oxygens (including phenoxy) is 1. The van der Waals surface area contributed by atoms with Gasteiger partial charge in [-0.2, -0.15) is 4.98 Å². The normalized spacial score (nSPS) is 9.81. The maximum atomic E-state index is 10.3. The largest absolute Gasteiger partial charge is 0.481 e. The van der Waals surface area contributed by atoms with Crippen molar-refractivity contribution in [3.8, 4) is 5.88 Å². The van der Waals surface area contributed by atoms with Crippen molar-refractivity contribution in [2.75, 3.05) is 18.5 Å². The molecule has 2 N–H and O–H groups in total. The summed E-state index contributed by atoms with van der Waals surface area (Å²) in [4.78, 5) is 18.4. The molecule has 1 aromatic heterocycles. The molecule has 0 saturated heterocycles. The van der Waals surface area contributed by atoms with Gasteiger partial charge in [0.15, 0.2) is 0 Å². The first-order chi connectivity index (χ1) is 7.72. The van der Waals surface area contributed by atoms with Gasteiger partial charge in [-0.1, -0.05) is 0 Å². The summed E-state index contributed by atoms with van der Waals surface area (Å²) in [7, 11) is 0. The molecule has 0 bridgehead atoms. The molecule has 0 aliphatic heterocycles. The van der Waals surface area contributed by atoms with E-state index in [2.05, 4.69) is 15.3 Å². The van der Waals surface area contributed by atoms with Crippen LogP contribution in [0, 0.1) is 0 Å². The van der Waals surface area contributed by atoms with Gasteiger partial charge in [-0.15, -0.1) is 0 Å². The maximum absolute atomic E-state index is 10.3. The van der Waals surface area contributed by atoms with Gasteiger partial charge in [0, 0.05) is 13.0 Å². The summed E-state index contributed by atoms with van der Waals surface area (Å²) in [6.07, 6.45) is 3.80. The Morgan fingerprint density at radius 2 is 2.38 bits per heavy atom. The van der Waals surface area contributed by atoms with Crippen molar-refractivity contribution in [1.82, 2.24) is 9.97 Å². The predicted octanol–water partition coefficient (Wildman–Crippen LogP) is 1.15. The van der Waals surface area contributed by atoms with E-state index in [1.165, 1.54) is 6.20 Å². The van der Waals surface area contributed by atoms with E-state index in [1.807, 2.05) is 6.92 Å². The van der Waals surface area contributed by atoms with Crippen molar-refractivity contribution in [1.29, 1.82) is 0 Å². The van der Waals surface area contributed by atoms with Crippen molar-refractivity contribution < 1.29 is 14.6 Å². The van der Waals surface area contributed by atoms with Crippen LogP contribution in [0.4, 0.5) is 5.82 Å². The maximum Gasteiger partial charge on any atom is 0.303 e. The highest BCUT2D eigenvalue weighted by Gasteiger charge is 1.99. The van der Waals surface area contributed by atoms with Gasteiger partial charge in [-0.3, -0.25) is 9.78 Å². The molecule has 6 nitrogen and oxygen atoms in total. The van der Waals surface area contributed by atoms with Crippen LogP contribution in [-0.4, -0.2) is 34.2 Å². The molecule has 0 amide bonds. The standard InChI is InChI=1S/C10H15N3O3/c1-2-16-9-7-11-6-8(13-9)12-5-3-4-10(14)15/h6-7H,2-5H2,1H3,(H,12,13)(H,14,15). The third-order valence-corrected chi connectivity index (χ3v) is 1.78. The number of aliphatic carboxylic acids is 1. The average Bonchev–Trinajstić information content (AvgIpc) is 2.25. The minimum Gasteiger partial charge on any atom is -0.481 e. The number of carboxylic acid groups (broad SMARTS) is 1. The van der Waals surface area contributed by atoms with E-state index in [0.29, 0.717) is 31.3 Å². The Kier molecular flexibility index (Phi) is 5.04. The first-order valence-electron chi connectivity index (χ1n) is 5.13. The summed E-state index contributed by atoms with van der Waals surface area (Å²) >= 11 is 0. The van der Waals surface area contributed by atoms with E-state index < -0.39 is 5.97 Å². The zero-order chi connectivity index (χ0) is 11.8. The number of nitrogens with one attached hydrogen (secondary N) is 1. The number of nitrogens with zero attached hydrogens (tertiary/aromatic N) is 2. The van der Waals surface area contributed by atoms with Crippen LogP contribution in [0.2, 0.25) is 0 Å². The molecule has 0 atom stereocenters. The Morgan fingerprint density at radius 1 is 1.56 bits per heavy atom. The highest BCUT2D eigenvalue weighted by atomic mass is 16.5. The number of hydrogen-bond donors (Lipinski definition) is 2. The fourth-order valence-electron chi connectivity index (χ4n) is 1.11. The van der Waals surface area contributed by atoms with E-state index >= 15 is 0 Å². The van der Waals surface area contributed by atoms with Crippen molar-refractivity contribution in [2.45, 2.75) is 19.8 Å². The lowest BCUT2D eigenvalue weighted by atomic mass is 10.3. The number of anilines is 1. The van der Waals surface area contributed by atoms with E-state index in [0.717, 1.165) is 0 Å². The Hall–Kier alpha value is -1.85. The molecule has 1 aromatic rings. The van der Waals surface area contributed by atoms with E-state index in [4.69, 9.17) is 9.84 Å². The lowest BCUT2D eigenvalue weighted by Crippen LogP contribution is -2.07. The predicted molar refractivity (Wildman–Crippen MR) is 58.6 cm³/mol. The van der Waals surface area contributed by atoms with Crippen molar-refractivity contribution >= 4 is 11.8 Å². The highest BCUT2D eigenvalue weighted by molar-refractivity contribution is 5.66.